The summed E-state index contributed by atoms with van der Waals surface area (Å²) >= 11 is 0. The molecule has 106 valence electrons. The van der Waals surface area contributed by atoms with E-state index < -0.39 is 0 Å². The summed E-state index contributed by atoms with van der Waals surface area (Å²) in [7, 11) is 1.45. The molecule has 0 aliphatic heterocycles. The van der Waals surface area contributed by atoms with Crippen LogP contribution in [0.4, 0.5) is 4.39 Å². The van der Waals surface area contributed by atoms with E-state index in [4.69, 9.17) is 4.74 Å². The Morgan fingerprint density at radius 1 is 1.14 bits per heavy atom. The quantitative estimate of drug-likeness (QED) is 0.739. The molecule has 0 unspecified atom stereocenters. The fourth-order valence-electron chi connectivity index (χ4n) is 2.18. The molecule has 0 fully saturated rings. The van der Waals surface area contributed by atoms with Crippen molar-refractivity contribution in [1.82, 2.24) is 14.8 Å². The lowest BCUT2D eigenvalue weighted by molar-refractivity contribution is 0.387. The van der Waals surface area contributed by atoms with Crippen molar-refractivity contribution in [2.45, 2.75) is 6.92 Å². The Labute approximate surface area is 121 Å². The molecule has 0 aliphatic carbocycles. The van der Waals surface area contributed by atoms with Gasteiger partial charge in [0.1, 0.15) is 0 Å². The van der Waals surface area contributed by atoms with Gasteiger partial charge >= 0.3 is 0 Å². The number of hydrogen-bond acceptors (Lipinski definition) is 3. The molecule has 0 N–H and O–H groups in total. The summed E-state index contributed by atoms with van der Waals surface area (Å²) in [6.45, 7) is 1.91. The second kappa shape index (κ2) is 5.36. The Kier molecular flexibility index (Phi) is 3.39. The third-order valence-corrected chi connectivity index (χ3v) is 3.14. The van der Waals surface area contributed by atoms with Gasteiger partial charge in [0, 0.05) is 11.8 Å². The third kappa shape index (κ3) is 2.50. The first kappa shape index (κ1) is 13.3. The SMILES string of the molecule is COc1cc(-c2cc(C)nn2-c2ccccn2)ccc1F. The topological polar surface area (TPSA) is 39.9 Å². The molecule has 0 aliphatic rings. The van der Waals surface area contributed by atoms with Gasteiger partial charge in [-0.05, 0) is 43.3 Å². The molecule has 0 amide bonds. The zero-order chi connectivity index (χ0) is 14.8. The van der Waals surface area contributed by atoms with Gasteiger partial charge in [0.05, 0.1) is 18.5 Å². The first-order valence-corrected chi connectivity index (χ1v) is 6.51. The van der Waals surface area contributed by atoms with Gasteiger partial charge in [-0.25, -0.2) is 14.1 Å². The molecule has 0 atom stereocenters. The van der Waals surface area contributed by atoms with Crippen molar-refractivity contribution in [3.05, 3.63) is 60.2 Å². The lowest BCUT2D eigenvalue weighted by Gasteiger charge is -2.08. The molecule has 2 aromatic heterocycles. The van der Waals surface area contributed by atoms with Crippen LogP contribution in [0.2, 0.25) is 0 Å². The predicted octanol–water partition coefficient (Wildman–Crippen LogP) is 3.39. The van der Waals surface area contributed by atoms with Crippen LogP contribution in [0.5, 0.6) is 5.75 Å². The van der Waals surface area contributed by atoms with Crippen molar-refractivity contribution < 1.29 is 9.13 Å². The van der Waals surface area contributed by atoms with E-state index in [0.29, 0.717) is 5.82 Å². The smallest absolute Gasteiger partial charge is 0.165 e. The summed E-state index contributed by atoms with van der Waals surface area (Å²) in [5.41, 5.74) is 2.52. The molecule has 3 aromatic rings. The number of ether oxygens (including phenoxy) is 1. The molecular formula is C16H14FN3O. The molecule has 21 heavy (non-hydrogen) atoms. The molecule has 0 spiro atoms. The maximum atomic E-state index is 13.6. The van der Waals surface area contributed by atoms with Gasteiger partial charge < -0.3 is 4.74 Å². The van der Waals surface area contributed by atoms with E-state index in [-0.39, 0.29) is 11.6 Å². The molecule has 0 saturated carbocycles. The standard InChI is InChI=1S/C16H14FN3O/c1-11-9-14(12-6-7-13(17)15(10-12)21-2)20(19-11)16-5-3-4-8-18-16/h3-10H,1-2H3. The zero-order valence-corrected chi connectivity index (χ0v) is 11.7. The molecular weight excluding hydrogens is 269 g/mol. The molecule has 4 nitrogen and oxygen atoms in total. The number of aromatic nitrogens is 3. The summed E-state index contributed by atoms with van der Waals surface area (Å²) in [6.07, 6.45) is 1.71. The van der Waals surface area contributed by atoms with E-state index in [0.717, 1.165) is 17.0 Å². The first-order valence-electron chi connectivity index (χ1n) is 6.51. The van der Waals surface area contributed by atoms with Gasteiger partial charge in [0.25, 0.3) is 0 Å². The number of aryl methyl sites for hydroxylation is 1. The summed E-state index contributed by atoms with van der Waals surface area (Å²) in [6, 6.07) is 12.3. The number of hydrogen-bond donors (Lipinski definition) is 0. The van der Waals surface area contributed by atoms with Gasteiger partial charge in [-0.3, -0.25) is 0 Å². The van der Waals surface area contributed by atoms with E-state index in [9.17, 15) is 4.39 Å². The zero-order valence-electron chi connectivity index (χ0n) is 11.7. The first-order chi connectivity index (χ1) is 10.2. The van der Waals surface area contributed by atoms with Gasteiger partial charge in [0.2, 0.25) is 0 Å². The van der Waals surface area contributed by atoms with E-state index in [2.05, 4.69) is 10.1 Å². The average molecular weight is 283 g/mol. The fourth-order valence-corrected chi connectivity index (χ4v) is 2.18. The summed E-state index contributed by atoms with van der Waals surface area (Å²) in [5.74, 6) is 0.532. The number of nitrogens with zero attached hydrogens (tertiary/aromatic N) is 3. The second-order valence-electron chi connectivity index (χ2n) is 4.62. The Morgan fingerprint density at radius 2 is 2.00 bits per heavy atom. The normalized spacial score (nSPS) is 10.6. The van der Waals surface area contributed by atoms with Gasteiger partial charge in [0.15, 0.2) is 17.4 Å². The van der Waals surface area contributed by atoms with Crippen molar-refractivity contribution in [2.75, 3.05) is 7.11 Å². The van der Waals surface area contributed by atoms with Crippen LogP contribution < -0.4 is 4.74 Å². The van der Waals surface area contributed by atoms with Crippen LogP contribution in [0.25, 0.3) is 17.1 Å². The maximum Gasteiger partial charge on any atom is 0.165 e. The third-order valence-electron chi connectivity index (χ3n) is 3.14. The Hall–Kier alpha value is -2.69. The monoisotopic (exact) mass is 283 g/mol. The van der Waals surface area contributed by atoms with E-state index in [1.807, 2.05) is 31.2 Å². The van der Waals surface area contributed by atoms with E-state index in [1.165, 1.54) is 13.2 Å². The predicted molar refractivity (Wildman–Crippen MR) is 78.0 cm³/mol. The molecule has 5 heteroatoms. The Morgan fingerprint density at radius 3 is 2.71 bits per heavy atom. The minimum atomic E-state index is -0.387. The van der Waals surface area contributed by atoms with Crippen molar-refractivity contribution in [3.63, 3.8) is 0 Å². The van der Waals surface area contributed by atoms with E-state index >= 15 is 0 Å². The van der Waals surface area contributed by atoms with Crippen LogP contribution in [0.1, 0.15) is 5.69 Å². The molecule has 1 aromatic carbocycles. The Balaban J connectivity index is 2.15. The minimum Gasteiger partial charge on any atom is -0.494 e. The highest BCUT2D eigenvalue weighted by molar-refractivity contribution is 5.64. The molecule has 0 saturated heterocycles. The number of benzene rings is 1. The van der Waals surface area contributed by atoms with Crippen LogP contribution in [-0.4, -0.2) is 21.9 Å². The fraction of sp³-hybridized carbons (Fsp3) is 0.125. The van der Waals surface area contributed by atoms with Crippen LogP contribution in [-0.2, 0) is 0 Å². The molecule has 2 heterocycles. The van der Waals surface area contributed by atoms with Crippen molar-refractivity contribution in [1.29, 1.82) is 0 Å². The minimum absolute atomic E-state index is 0.207. The molecule has 0 bridgehead atoms. The maximum absolute atomic E-state index is 13.6. The summed E-state index contributed by atoms with van der Waals surface area (Å²) in [5, 5.41) is 4.45. The summed E-state index contributed by atoms with van der Waals surface area (Å²) < 4.78 is 20.3. The van der Waals surface area contributed by atoms with Crippen LogP contribution in [0.3, 0.4) is 0 Å². The number of rotatable bonds is 3. The van der Waals surface area contributed by atoms with Crippen LogP contribution >= 0.6 is 0 Å². The van der Waals surface area contributed by atoms with Gasteiger partial charge in [-0.2, -0.15) is 5.10 Å². The number of halogens is 1. The van der Waals surface area contributed by atoms with Gasteiger partial charge in [-0.15, -0.1) is 0 Å². The highest BCUT2D eigenvalue weighted by Crippen LogP contribution is 2.28. The Bertz CT molecular complexity index is 768. The highest BCUT2D eigenvalue weighted by Gasteiger charge is 2.13. The molecule has 0 radical (unpaired) electrons. The number of methoxy groups -OCH3 is 1. The number of pyridine rings is 1. The molecule has 3 rings (SSSR count). The second-order valence-corrected chi connectivity index (χ2v) is 4.62. The van der Waals surface area contributed by atoms with Crippen molar-refractivity contribution >= 4 is 0 Å². The largest absolute Gasteiger partial charge is 0.494 e. The summed E-state index contributed by atoms with van der Waals surface area (Å²) in [4.78, 5) is 4.30. The lowest BCUT2D eigenvalue weighted by Crippen LogP contribution is -2.01. The van der Waals surface area contributed by atoms with Crippen molar-refractivity contribution in [2.24, 2.45) is 0 Å². The highest BCUT2D eigenvalue weighted by atomic mass is 19.1. The van der Waals surface area contributed by atoms with Crippen LogP contribution in [0, 0.1) is 12.7 Å². The lowest BCUT2D eigenvalue weighted by atomic mass is 10.1. The van der Waals surface area contributed by atoms with Crippen molar-refractivity contribution in [3.8, 4) is 22.8 Å². The van der Waals surface area contributed by atoms with Gasteiger partial charge in [-0.1, -0.05) is 6.07 Å². The van der Waals surface area contributed by atoms with Crippen LogP contribution in [0.15, 0.2) is 48.7 Å². The van der Waals surface area contributed by atoms with E-state index in [1.54, 1.807) is 23.0 Å². The average Bonchev–Trinajstić information content (AvgIpc) is 2.90.